The van der Waals surface area contributed by atoms with Gasteiger partial charge in [-0.2, -0.15) is 0 Å². The van der Waals surface area contributed by atoms with Gasteiger partial charge in [0.2, 0.25) is 0 Å². The highest BCUT2D eigenvalue weighted by Crippen LogP contribution is 2.11. The highest BCUT2D eigenvalue weighted by molar-refractivity contribution is 8.23. The molecule has 0 heterocycles. The Balaban J connectivity index is 3.04. The van der Waals surface area contributed by atoms with Crippen molar-refractivity contribution >= 4 is 28.2 Å². The number of thiocarbonyl (C=S) groups is 1. The minimum absolute atomic E-state index is 1.13. The first-order valence-corrected chi connectivity index (χ1v) is 5.86. The molecular weight excluding hydrogens is 172 g/mol. The van der Waals surface area contributed by atoms with Gasteiger partial charge in [0.05, 0.1) is 0 Å². The maximum atomic E-state index is 5.17. The fourth-order valence-electron chi connectivity index (χ4n) is 0.929. The fourth-order valence-corrected chi connectivity index (χ4v) is 2.04. The van der Waals surface area contributed by atoms with Crippen LogP contribution in [0, 0.1) is 0 Å². The first-order chi connectivity index (χ1) is 5.31. The summed E-state index contributed by atoms with van der Waals surface area (Å²) in [4.78, 5) is 0. The molecule has 0 rings (SSSR count). The van der Waals surface area contributed by atoms with Gasteiger partial charge in [-0.3, -0.25) is 0 Å². The van der Waals surface area contributed by atoms with E-state index in [0.717, 1.165) is 12.2 Å². The normalized spacial score (nSPS) is 10.0. The van der Waals surface area contributed by atoms with E-state index in [1.54, 1.807) is 0 Å². The van der Waals surface area contributed by atoms with E-state index in [9.17, 15) is 0 Å². The number of thioether (sulfide) groups is 1. The predicted molar refractivity (Wildman–Crippen MR) is 59.5 cm³/mol. The highest BCUT2D eigenvalue weighted by Gasteiger charge is 1.94. The second-order valence-electron chi connectivity index (χ2n) is 2.62. The van der Waals surface area contributed by atoms with Crippen LogP contribution >= 0.6 is 24.0 Å². The minimum atomic E-state index is 1.13. The molecule has 66 valence electrons. The smallest absolute Gasteiger partial charge is 0.0478 e. The van der Waals surface area contributed by atoms with Crippen molar-refractivity contribution in [2.24, 2.45) is 0 Å². The Hall–Kier alpha value is 0.440. The Morgan fingerprint density at radius 1 is 1.18 bits per heavy atom. The van der Waals surface area contributed by atoms with Gasteiger partial charge in [0.25, 0.3) is 0 Å². The lowest BCUT2D eigenvalue weighted by Crippen LogP contribution is -1.88. The Kier molecular flexibility index (Phi) is 8.88. The maximum Gasteiger partial charge on any atom is 0.0478 e. The standard InChI is InChI=1S/C9H18S2/c1-3-5-6-7-8-9(10)11-4-2/h3-8H2,1-2H3. The van der Waals surface area contributed by atoms with Crippen LogP contribution in [0.2, 0.25) is 0 Å². The zero-order valence-electron chi connectivity index (χ0n) is 7.56. The third kappa shape index (κ3) is 8.35. The lowest BCUT2D eigenvalue weighted by atomic mass is 10.2. The number of hydrogen-bond donors (Lipinski definition) is 0. The Morgan fingerprint density at radius 3 is 2.45 bits per heavy atom. The van der Waals surface area contributed by atoms with Crippen molar-refractivity contribution in [1.82, 2.24) is 0 Å². The summed E-state index contributed by atoms with van der Waals surface area (Å²) >= 11 is 6.99. The molecule has 0 saturated heterocycles. The van der Waals surface area contributed by atoms with Crippen molar-refractivity contribution in [2.45, 2.75) is 46.0 Å². The Labute approximate surface area is 80.1 Å². The molecule has 0 radical (unpaired) electrons. The van der Waals surface area contributed by atoms with Gasteiger partial charge in [0.15, 0.2) is 0 Å². The van der Waals surface area contributed by atoms with Gasteiger partial charge in [-0.25, -0.2) is 0 Å². The first-order valence-electron chi connectivity index (χ1n) is 4.46. The summed E-state index contributed by atoms with van der Waals surface area (Å²) < 4.78 is 1.20. The van der Waals surface area contributed by atoms with Crippen molar-refractivity contribution in [3.63, 3.8) is 0 Å². The third-order valence-electron chi connectivity index (χ3n) is 1.54. The minimum Gasteiger partial charge on any atom is -0.119 e. The quantitative estimate of drug-likeness (QED) is 0.458. The summed E-state index contributed by atoms with van der Waals surface area (Å²) in [6, 6.07) is 0. The second kappa shape index (κ2) is 8.54. The zero-order chi connectivity index (χ0) is 8.53. The van der Waals surface area contributed by atoms with Crippen LogP contribution in [0.4, 0.5) is 0 Å². The van der Waals surface area contributed by atoms with Crippen LogP contribution in [0.15, 0.2) is 0 Å². The average Bonchev–Trinajstić information content (AvgIpc) is 1.99. The highest BCUT2D eigenvalue weighted by atomic mass is 32.2. The van der Waals surface area contributed by atoms with Crippen molar-refractivity contribution in [2.75, 3.05) is 5.75 Å². The SMILES string of the molecule is CCCCCCC(=S)SCC. The number of hydrogen-bond acceptors (Lipinski definition) is 2. The third-order valence-corrected chi connectivity index (χ3v) is 2.91. The van der Waals surface area contributed by atoms with Crippen LogP contribution in [0.25, 0.3) is 0 Å². The van der Waals surface area contributed by atoms with Crippen molar-refractivity contribution in [3.05, 3.63) is 0 Å². The van der Waals surface area contributed by atoms with Gasteiger partial charge < -0.3 is 0 Å². The molecule has 0 aromatic carbocycles. The van der Waals surface area contributed by atoms with Crippen LogP contribution in [-0.4, -0.2) is 9.95 Å². The molecule has 0 fully saturated rings. The summed E-state index contributed by atoms with van der Waals surface area (Å²) in [6.07, 6.45) is 6.46. The lowest BCUT2D eigenvalue weighted by molar-refractivity contribution is 0.686. The molecule has 0 aliphatic heterocycles. The van der Waals surface area contributed by atoms with Crippen LogP contribution in [0.5, 0.6) is 0 Å². The summed E-state index contributed by atoms with van der Waals surface area (Å²) in [7, 11) is 0. The Morgan fingerprint density at radius 2 is 1.91 bits per heavy atom. The van der Waals surface area contributed by atoms with Gasteiger partial charge in [-0.05, 0) is 18.6 Å². The summed E-state index contributed by atoms with van der Waals surface area (Å²) in [5.74, 6) is 1.13. The first kappa shape index (κ1) is 11.4. The molecule has 0 amide bonds. The fraction of sp³-hybridized carbons (Fsp3) is 0.889. The predicted octanol–water partition coefficient (Wildman–Crippen LogP) is 4.04. The molecule has 0 unspecified atom stereocenters. The Bertz CT molecular complexity index is 99.7. The lowest BCUT2D eigenvalue weighted by Gasteiger charge is -2.00. The van der Waals surface area contributed by atoms with Gasteiger partial charge in [0, 0.05) is 4.20 Å². The summed E-state index contributed by atoms with van der Waals surface area (Å²) in [6.45, 7) is 4.39. The molecule has 0 spiro atoms. The molecule has 0 aliphatic carbocycles. The molecule has 11 heavy (non-hydrogen) atoms. The summed E-state index contributed by atoms with van der Waals surface area (Å²) in [5, 5.41) is 0. The van der Waals surface area contributed by atoms with Gasteiger partial charge >= 0.3 is 0 Å². The molecule has 0 nitrogen and oxygen atoms in total. The van der Waals surface area contributed by atoms with E-state index in [2.05, 4.69) is 13.8 Å². The van der Waals surface area contributed by atoms with Crippen LogP contribution in [0.3, 0.4) is 0 Å². The molecule has 0 aromatic rings. The molecule has 0 aromatic heterocycles. The van der Waals surface area contributed by atoms with E-state index < -0.39 is 0 Å². The molecule has 2 heteroatoms. The van der Waals surface area contributed by atoms with E-state index in [-0.39, 0.29) is 0 Å². The zero-order valence-corrected chi connectivity index (χ0v) is 9.19. The maximum absolute atomic E-state index is 5.17. The number of rotatable bonds is 6. The van der Waals surface area contributed by atoms with Crippen LogP contribution in [-0.2, 0) is 0 Å². The van der Waals surface area contributed by atoms with E-state index in [1.165, 1.54) is 29.9 Å². The molecule has 0 bridgehead atoms. The van der Waals surface area contributed by atoms with E-state index in [1.807, 2.05) is 11.8 Å². The monoisotopic (exact) mass is 190 g/mol. The van der Waals surface area contributed by atoms with Crippen molar-refractivity contribution < 1.29 is 0 Å². The van der Waals surface area contributed by atoms with Gasteiger partial charge in [-0.15, -0.1) is 11.8 Å². The van der Waals surface area contributed by atoms with E-state index in [4.69, 9.17) is 12.2 Å². The molecule has 0 N–H and O–H groups in total. The second-order valence-corrected chi connectivity index (χ2v) is 4.73. The van der Waals surface area contributed by atoms with Crippen LogP contribution in [0.1, 0.15) is 46.0 Å². The van der Waals surface area contributed by atoms with Crippen molar-refractivity contribution in [3.8, 4) is 0 Å². The largest absolute Gasteiger partial charge is 0.119 e. The van der Waals surface area contributed by atoms with Gasteiger partial charge in [-0.1, -0.05) is 45.3 Å². The van der Waals surface area contributed by atoms with Crippen molar-refractivity contribution in [1.29, 1.82) is 0 Å². The number of unbranched alkanes of at least 4 members (excludes halogenated alkanes) is 3. The summed E-state index contributed by atoms with van der Waals surface area (Å²) in [5.41, 5.74) is 0. The molecule has 0 aliphatic rings. The van der Waals surface area contributed by atoms with E-state index in [0.29, 0.717) is 0 Å². The molecule has 0 saturated carbocycles. The van der Waals surface area contributed by atoms with Gasteiger partial charge in [0.1, 0.15) is 0 Å². The van der Waals surface area contributed by atoms with E-state index >= 15 is 0 Å². The average molecular weight is 190 g/mol. The molecular formula is C9H18S2. The topological polar surface area (TPSA) is 0 Å². The van der Waals surface area contributed by atoms with Crippen LogP contribution < -0.4 is 0 Å². The molecule has 0 atom stereocenters.